The number of rotatable bonds is 5. The van der Waals surface area contributed by atoms with Crippen LogP contribution < -0.4 is 10.5 Å². The molecule has 0 aliphatic heterocycles. The fourth-order valence-electron chi connectivity index (χ4n) is 2.58. The van der Waals surface area contributed by atoms with Gasteiger partial charge in [0.25, 0.3) is 0 Å². The number of benzene rings is 1. The molecule has 0 amide bonds. The van der Waals surface area contributed by atoms with Crippen LogP contribution in [0.25, 0.3) is 0 Å². The molecule has 1 aliphatic rings. The van der Waals surface area contributed by atoms with E-state index in [9.17, 15) is 8.42 Å². The van der Waals surface area contributed by atoms with Gasteiger partial charge in [-0.2, -0.15) is 11.8 Å². The molecule has 0 spiro atoms. The highest BCUT2D eigenvalue weighted by Gasteiger charge is 2.26. The first-order chi connectivity index (χ1) is 9.96. The maximum absolute atomic E-state index is 12.5. The van der Waals surface area contributed by atoms with Crippen molar-refractivity contribution in [3.63, 3.8) is 0 Å². The second-order valence-corrected chi connectivity index (χ2v) is 8.53. The molecule has 1 aromatic carbocycles. The van der Waals surface area contributed by atoms with Gasteiger partial charge in [0.2, 0.25) is 10.0 Å². The van der Waals surface area contributed by atoms with Crippen LogP contribution in [0.1, 0.15) is 31.2 Å². The predicted molar refractivity (Wildman–Crippen MR) is 89.2 cm³/mol. The predicted octanol–water partition coefficient (Wildman–Crippen LogP) is 2.75. The summed E-state index contributed by atoms with van der Waals surface area (Å²) in [5.41, 5.74) is 6.32. The minimum Gasteiger partial charge on any atom is -0.326 e. The van der Waals surface area contributed by atoms with Crippen molar-refractivity contribution in [2.45, 2.75) is 48.4 Å². The molecule has 1 aromatic rings. The fourth-order valence-corrected chi connectivity index (χ4v) is 5.18. The van der Waals surface area contributed by atoms with Gasteiger partial charge in [-0.25, -0.2) is 13.1 Å². The Morgan fingerprint density at radius 1 is 1.33 bits per heavy atom. The molecule has 2 rings (SSSR count). The van der Waals surface area contributed by atoms with E-state index in [4.69, 9.17) is 17.3 Å². The highest BCUT2D eigenvalue weighted by molar-refractivity contribution is 7.99. The van der Waals surface area contributed by atoms with Gasteiger partial charge in [0.05, 0.1) is 5.02 Å². The number of nitrogens with one attached hydrogen (secondary N) is 1. The van der Waals surface area contributed by atoms with Crippen molar-refractivity contribution in [1.29, 1.82) is 0 Å². The Morgan fingerprint density at radius 2 is 2.00 bits per heavy atom. The van der Waals surface area contributed by atoms with Crippen molar-refractivity contribution in [3.05, 3.63) is 28.8 Å². The van der Waals surface area contributed by atoms with Crippen LogP contribution in [-0.4, -0.2) is 26.0 Å². The number of hydrogen-bond donors (Lipinski definition) is 2. The molecule has 0 radical (unpaired) electrons. The molecule has 0 saturated heterocycles. The maximum atomic E-state index is 12.5. The van der Waals surface area contributed by atoms with Crippen molar-refractivity contribution in [3.8, 4) is 0 Å². The van der Waals surface area contributed by atoms with E-state index < -0.39 is 10.0 Å². The van der Waals surface area contributed by atoms with Gasteiger partial charge in [-0.15, -0.1) is 0 Å². The Kier molecular flexibility index (Phi) is 5.96. The average molecular weight is 349 g/mol. The van der Waals surface area contributed by atoms with E-state index in [0.29, 0.717) is 11.8 Å². The van der Waals surface area contributed by atoms with E-state index in [0.717, 1.165) is 31.2 Å². The zero-order valence-electron chi connectivity index (χ0n) is 12.0. The smallest absolute Gasteiger partial charge is 0.242 e. The number of nitrogens with two attached hydrogens (primary N) is 1. The van der Waals surface area contributed by atoms with Crippen molar-refractivity contribution < 1.29 is 8.42 Å². The molecule has 4 nitrogen and oxygen atoms in total. The molecule has 118 valence electrons. The lowest BCUT2D eigenvalue weighted by Gasteiger charge is -2.28. The summed E-state index contributed by atoms with van der Waals surface area (Å²) in [6, 6.07) is 4.88. The van der Waals surface area contributed by atoms with Gasteiger partial charge >= 0.3 is 0 Å². The van der Waals surface area contributed by atoms with Crippen molar-refractivity contribution in [2.75, 3.05) is 6.26 Å². The van der Waals surface area contributed by atoms with Crippen molar-refractivity contribution in [1.82, 2.24) is 4.72 Å². The van der Waals surface area contributed by atoms with Crippen LogP contribution in [0.4, 0.5) is 0 Å². The quantitative estimate of drug-likeness (QED) is 0.858. The van der Waals surface area contributed by atoms with Crippen LogP contribution in [0.15, 0.2) is 23.1 Å². The second kappa shape index (κ2) is 7.33. The normalized spacial score (nSPS) is 23.2. The van der Waals surface area contributed by atoms with E-state index in [2.05, 4.69) is 11.0 Å². The van der Waals surface area contributed by atoms with Gasteiger partial charge in [0, 0.05) is 17.8 Å². The molecule has 0 heterocycles. The first kappa shape index (κ1) is 17.1. The molecule has 1 fully saturated rings. The molecule has 3 N–H and O–H groups in total. The van der Waals surface area contributed by atoms with E-state index in [1.165, 1.54) is 0 Å². The molecule has 1 saturated carbocycles. The zero-order chi connectivity index (χ0) is 15.5. The highest BCUT2D eigenvalue weighted by atomic mass is 35.5. The van der Waals surface area contributed by atoms with Gasteiger partial charge in [-0.1, -0.05) is 17.7 Å². The van der Waals surface area contributed by atoms with Crippen LogP contribution in [0.5, 0.6) is 0 Å². The van der Waals surface area contributed by atoms with Crippen LogP contribution >= 0.6 is 23.4 Å². The number of thioether (sulfide) groups is 1. The summed E-state index contributed by atoms with van der Waals surface area (Å²) in [4.78, 5) is 0.124. The molecule has 21 heavy (non-hydrogen) atoms. The average Bonchev–Trinajstić information content (AvgIpc) is 2.48. The number of halogens is 1. The zero-order valence-corrected chi connectivity index (χ0v) is 14.4. The van der Waals surface area contributed by atoms with Crippen LogP contribution in [-0.2, 0) is 16.6 Å². The lowest BCUT2D eigenvalue weighted by Crippen LogP contribution is -2.38. The third kappa shape index (κ3) is 4.36. The summed E-state index contributed by atoms with van der Waals surface area (Å²) in [6.07, 6.45) is 5.95. The summed E-state index contributed by atoms with van der Waals surface area (Å²) >= 11 is 7.89. The minimum absolute atomic E-state index is 0.00370. The maximum Gasteiger partial charge on any atom is 0.242 e. The fraction of sp³-hybridized carbons (Fsp3) is 0.571. The molecule has 0 unspecified atom stereocenters. The van der Waals surface area contributed by atoms with Crippen molar-refractivity contribution >= 4 is 33.4 Å². The van der Waals surface area contributed by atoms with E-state index in [1.807, 2.05) is 11.8 Å². The van der Waals surface area contributed by atoms with E-state index >= 15 is 0 Å². The Balaban J connectivity index is 2.12. The van der Waals surface area contributed by atoms with Gasteiger partial charge in [0.1, 0.15) is 4.90 Å². The van der Waals surface area contributed by atoms with Crippen molar-refractivity contribution in [2.24, 2.45) is 5.73 Å². The largest absolute Gasteiger partial charge is 0.326 e. The third-order valence-corrected chi connectivity index (χ3v) is 6.99. The second-order valence-electron chi connectivity index (χ2n) is 5.30. The standard InChI is InChI=1S/C14H21ClN2O2S2/c1-20-12-5-3-11(4-6-12)17-21(18,19)14-8-10(9-16)2-7-13(14)15/h2,7-8,11-12,17H,3-6,9,16H2,1H3. The first-order valence-corrected chi connectivity index (χ1v) is 10.1. The number of sulfonamides is 1. The summed E-state index contributed by atoms with van der Waals surface area (Å²) in [5, 5.41) is 0.882. The summed E-state index contributed by atoms with van der Waals surface area (Å²) in [7, 11) is -3.59. The Labute approximate surface area is 135 Å². The highest BCUT2D eigenvalue weighted by Crippen LogP contribution is 2.29. The Morgan fingerprint density at radius 3 is 2.57 bits per heavy atom. The summed E-state index contributed by atoms with van der Waals surface area (Å²) in [5.74, 6) is 0. The Bertz CT molecular complexity index is 585. The third-order valence-electron chi connectivity index (χ3n) is 3.85. The summed E-state index contributed by atoms with van der Waals surface area (Å²) in [6.45, 7) is 0.290. The lowest BCUT2D eigenvalue weighted by atomic mass is 9.96. The molecule has 1 aliphatic carbocycles. The topological polar surface area (TPSA) is 72.2 Å². The monoisotopic (exact) mass is 348 g/mol. The van der Waals surface area contributed by atoms with E-state index in [1.54, 1.807) is 18.2 Å². The Hall–Kier alpha value is -0.270. The van der Waals surface area contributed by atoms with E-state index in [-0.39, 0.29) is 16.0 Å². The van der Waals surface area contributed by atoms with Gasteiger partial charge in [-0.05, 0) is 49.6 Å². The van der Waals surface area contributed by atoms with Gasteiger partial charge in [-0.3, -0.25) is 0 Å². The minimum atomic E-state index is -3.59. The lowest BCUT2D eigenvalue weighted by molar-refractivity contribution is 0.420. The van der Waals surface area contributed by atoms with Gasteiger partial charge in [0.15, 0.2) is 0 Å². The number of hydrogen-bond acceptors (Lipinski definition) is 4. The van der Waals surface area contributed by atoms with Crippen LogP contribution in [0.3, 0.4) is 0 Å². The first-order valence-electron chi connectivity index (χ1n) is 7.00. The van der Waals surface area contributed by atoms with Crippen LogP contribution in [0, 0.1) is 0 Å². The molecular formula is C14H21ClN2O2S2. The molecular weight excluding hydrogens is 328 g/mol. The molecule has 0 aromatic heterocycles. The van der Waals surface area contributed by atoms with Gasteiger partial charge < -0.3 is 5.73 Å². The molecule has 0 atom stereocenters. The molecule has 7 heteroatoms. The SMILES string of the molecule is CSC1CCC(NS(=O)(=O)c2cc(CN)ccc2Cl)CC1. The van der Waals surface area contributed by atoms with Crippen LogP contribution in [0.2, 0.25) is 5.02 Å². The summed E-state index contributed by atoms with van der Waals surface area (Å²) < 4.78 is 27.8. The molecule has 0 bridgehead atoms.